The summed E-state index contributed by atoms with van der Waals surface area (Å²) in [6.45, 7) is 5.47. The van der Waals surface area contributed by atoms with Crippen molar-refractivity contribution < 1.29 is 19.1 Å². The molecule has 0 atom stereocenters. The maximum Gasteiger partial charge on any atom is 0.278 e. The highest BCUT2D eigenvalue weighted by atomic mass is 16.7. The molecule has 3 aromatic rings. The quantitative estimate of drug-likeness (QED) is 0.491. The minimum Gasteiger partial charge on any atom is -0.454 e. The fourth-order valence-electron chi connectivity index (χ4n) is 4.36. The average Bonchev–Trinajstić information content (AvgIpc) is 3.42. The predicted octanol–water partition coefficient (Wildman–Crippen LogP) is 4.53. The smallest absolute Gasteiger partial charge is 0.278 e. The summed E-state index contributed by atoms with van der Waals surface area (Å²) in [5, 5.41) is 0. The van der Waals surface area contributed by atoms with Gasteiger partial charge < -0.3 is 14.4 Å². The molecule has 0 saturated carbocycles. The van der Waals surface area contributed by atoms with Crippen LogP contribution in [0.25, 0.3) is 5.57 Å². The van der Waals surface area contributed by atoms with Crippen LogP contribution in [0.15, 0.2) is 78.5 Å². The van der Waals surface area contributed by atoms with Crippen molar-refractivity contribution in [2.75, 3.05) is 13.3 Å². The Morgan fingerprint density at radius 1 is 0.853 bits per heavy atom. The zero-order valence-electron chi connectivity index (χ0n) is 19.3. The van der Waals surface area contributed by atoms with Crippen LogP contribution in [0.2, 0.25) is 0 Å². The molecule has 2 aliphatic rings. The highest BCUT2D eigenvalue weighted by Crippen LogP contribution is 2.36. The van der Waals surface area contributed by atoms with E-state index < -0.39 is 0 Å². The number of amides is 2. The van der Waals surface area contributed by atoms with Crippen molar-refractivity contribution in [1.29, 1.82) is 0 Å². The highest BCUT2D eigenvalue weighted by molar-refractivity contribution is 6.35. The van der Waals surface area contributed by atoms with Crippen molar-refractivity contribution in [3.8, 4) is 11.5 Å². The van der Waals surface area contributed by atoms with Crippen molar-refractivity contribution >= 4 is 17.4 Å². The first kappa shape index (κ1) is 21.8. The molecule has 0 saturated heterocycles. The van der Waals surface area contributed by atoms with E-state index in [1.54, 1.807) is 0 Å². The zero-order valence-corrected chi connectivity index (χ0v) is 19.3. The number of nitrogens with zero attached hydrogens (tertiary/aromatic N) is 2. The Kier molecular flexibility index (Phi) is 5.80. The zero-order chi connectivity index (χ0) is 23.7. The van der Waals surface area contributed by atoms with Gasteiger partial charge in [-0.25, -0.2) is 0 Å². The van der Waals surface area contributed by atoms with Crippen molar-refractivity contribution in [1.82, 2.24) is 9.80 Å². The van der Waals surface area contributed by atoms with Crippen LogP contribution in [-0.4, -0.2) is 35.0 Å². The molecule has 0 fully saturated rings. The van der Waals surface area contributed by atoms with Gasteiger partial charge in [-0.3, -0.25) is 14.5 Å². The molecular weight excluding hydrogens is 428 g/mol. The number of hydrogen-bond donors (Lipinski definition) is 0. The lowest BCUT2D eigenvalue weighted by Gasteiger charge is -2.25. The first-order valence-corrected chi connectivity index (χ1v) is 11.4. The summed E-state index contributed by atoms with van der Waals surface area (Å²) in [5.74, 6) is 0.730. The summed E-state index contributed by atoms with van der Waals surface area (Å²) in [6.07, 6.45) is 0. The van der Waals surface area contributed by atoms with E-state index in [1.807, 2.05) is 91.5 Å². The molecule has 6 nitrogen and oxygen atoms in total. The van der Waals surface area contributed by atoms with Gasteiger partial charge >= 0.3 is 0 Å². The van der Waals surface area contributed by atoms with Gasteiger partial charge in [0.1, 0.15) is 5.70 Å². The van der Waals surface area contributed by atoms with E-state index >= 15 is 0 Å². The molecule has 0 N–H and O–H groups in total. The van der Waals surface area contributed by atoms with E-state index in [1.165, 1.54) is 4.90 Å². The third-order valence-corrected chi connectivity index (χ3v) is 6.18. The van der Waals surface area contributed by atoms with Gasteiger partial charge in [0.2, 0.25) is 6.79 Å². The third-order valence-electron chi connectivity index (χ3n) is 6.18. The SMILES string of the molecule is CCN(Cc1ccccc1)C1=C(c2ccc(C)cc2)C(=O)N(Cc2ccc3c(c2)OCO3)C1=O. The van der Waals surface area contributed by atoms with Crippen molar-refractivity contribution in [2.24, 2.45) is 0 Å². The van der Waals surface area contributed by atoms with Crippen LogP contribution in [0.3, 0.4) is 0 Å². The van der Waals surface area contributed by atoms with Crippen LogP contribution >= 0.6 is 0 Å². The number of likely N-dealkylation sites (N-methyl/N-ethyl adjacent to an activating group) is 1. The molecule has 6 heteroatoms. The molecule has 0 unspecified atom stereocenters. The average molecular weight is 455 g/mol. The normalized spacial score (nSPS) is 14.8. The Hall–Kier alpha value is -4.06. The summed E-state index contributed by atoms with van der Waals surface area (Å²) in [4.78, 5) is 30.8. The van der Waals surface area contributed by atoms with Gasteiger partial charge in [-0.2, -0.15) is 0 Å². The van der Waals surface area contributed by atoms with Crippen LogP contribution in [0.4, 0.5) is 0 Å². The number of ether oxygens (including phenoxy) is 2. The van der Waals surface area contributed by atoms with E-state index in [4.69, 9.17) is 9.47 Å². The number of aryl methyl sites for hydroxylation is 1. The maximum atomic E-state index is 13.7. The second-order valence-electron chi connectivity index (χ2n) is 8.47. The topological polar surface area (TPSA) is 59.1 Å². The molecule has 0 aromatic heterocycles. The summed E-state index contributed by atoms with van der Waals surface area (Å²) in [7, 11) is 0. The monoisotopic (exact) mass is 454 g/mol. The van der Waals surface area contributed by atoms with E-state index in [9.17, 15) is 9.59 Å². The number of imide groups is 1. The second kappa shape index (κ2) is 9.06. The number of hydrogen-bond acceptors (Lipinski definition) is 5. The molecule has 2 heterocycles. The molecule has 3 aromatic carbocycles. The summed E-state index contributed by atoms with van der Waals surface area (Å²) in [6, 6.07) is 23.2. The summed E-state index contributed by atoms with van der Waals surface area (Å²) >= 11 is 0. The third kappa shape index (κ3) is 4.03. The number of fused-ring (bicyclic) bond motifs is 1. The maximum absolute atomic E-state index is 13.7. The lowest BCUT2D eigenvalue weighted by molar-refractivity contribution is -0.138. The first-order valence-electron chi connectivity index (χ1n) is 11.4. The fraction of sp³-hybridized carbons (Fsp3) is 0.214. The largest absolute Gasteiger partial charge is 0.454 e. The molecule has 34 heavy (non-hydrogen) atoms. The van der Waals surface area contributed by atoms with Crippen LogP contribution in [0.5, 0.6) is 11.5 Å². The minimum atomic E-state index is -0.284. The second-order valence-corrected chi connectivity index (χ2v) is 8.47. The molecule has 2 amide bonds. The molecule has 0 radical (unpaired) electrons. The van der Waals surface area contributed by atoms with Gasteiger partial charge in [0.05, 0.1) is 12.1 Å². The van der Waals surface area contributed by atoms with Crippen molar-refractivity contribution in [2.45, 2.75) is 26.9 Å². The summed E-state index contributed by atoms with van der Waals surface area (Å²) in [5.41, 5.74) is 4.62. The van der Waals surface area contributed by atoms with E-state index in [0.717, 1.165) is 22.3 Å². The molecule has 5 rings (SSSR count). The predicted molar refractivity (Wildman–Crippen MR) is 129 cm³/mol. The van der Waals surface area contributed by atoms with Crippen LogP contribution in [-0.2, 0) is 22.7 Å². The number of benzene rings is 3. The highest BCUT2D eigenvalue weighted by Gasteiger charge is 2.41. The van der Waals surface area contributed by atoms with E-state index in [0.29, 0.717) is 35.9 Å². The lowest BCUT2D eigenvalue weighted by atomic mass is 10.0. The molecule has 0 spiro atoms. The van der Waals surface area contributed by atoms with Gasteiger partial charge in [-0.1, -0.05) is 66.2 Å². The Morgan fingerprint density at radius 2 is 1.59 bits per heavy atom. The molecular formula is C28H26N2O4. The molecule has 172 valence electrons. The number of carbonyl (C=O) groups is 2. The van der Waals surface area contributed by atoms with Crippen LogP contribution in [0.1, 0.15) is 29.2 Å². The fourth-order valence-corrected chi connectivity index (χ4v) is 4.36. The Labute approximate surface area is 199 Å². The van der Waals surface area contributed by atoms with Gasteiger partial charge in [0, 0.05) is 13.1 Å². The van der Waals surface area contributed by atoms with E-state index in [2.05, 4.69) is 0 Å². The standard InChI is InChI=1S/C28H26N2O4/c1-3-29(16-20-7-5-4-6-8-20)26-25(22-12-9-19(2)10-13-22)27(31)30(28(26)32)17-21-11-14-23-24(15-21)34-18-33-23/h4-15H,3,16-18H2,1-2H3. The van der Waals surface area contributed by atoms with Crippen molar-refractivity contribution in [3.05, 3.63) is 101 Å². The number of rotatable bonds is 7. The Bertz CT molecular complexity index is 1270. The van der Waals surface area contributed by atoms with Gasteiger partial charge in [-0.05, 0) is 42.7 Å². The van der Waals surface area contributed by atoms with Crippen LogP contribution < -0.4 is 9.47 Å². The summed E-state index contributed by atoms with van der Waals surface area (Å²) < 4.78 is 10.9. The Morgan fingerprint density at radius 3 is 2.32 bits per heavy atom. The molecule has 0 aliphatic carbocycles. The molecule has 2 aliphatic heterocycles. The minimum absolute atomic E-state index is 0.163. The van der Waals surface area contributed by atoms with Crippen LogP contribution in [0, 0.1) is 6.92 Å². The van der Waals surface area contributed by atoms with E-state index in [-0.39, 0.29) is 25.2 Å². The Balaban J connectivity index is 1.52. The van der Waals surface area contributed by atoms with Gasteiger partial charge in [0.15, 0.2) is 11.5 Å². The first-order chi connectivity index (χ1) is 16.5. The van der Waals surface area contributed by atoms with Crippen molar-refractivity contribution in [3.63, 3.8) is 0 Å². The number of carbonyl (C=O) groups excluding carboxylic acids is 2. The molecule has 0 bridgehead atoms. The van der Waals surface area contributed by atoms with Gasteiger partial charge in [0.25, 0.3) is 11.8 Å². The van der Waals surface area contributed by atoms with Gasteiger partial charge in [-0.15, -0.1) is 0 Å². The lowest BCUT2D eigenvalue weighted by Crippen LogP contribution is -2.34.